The summed E-state index contributed by atoms with van der Waals surface area (Å²) in [7, 11) is 0. The summed E-state index contributed by atoms with van der Waals surface area (Å²) in [6.07, 6.45) is 2.39. The van der Waals surface area contributed by atoms with E-state index in [0.29, 0.717) is 17.9 Å². The van der Waals surface area contributed by atoms with Crippen LogP contribution >= 0.6 is 0 Å². The highest BCUT2D eigenvalue weighted by molar-refractivity contribution is 5.83. The molecule has 0 aromatic rings. The average Bonchev–Trinajstić information content (AvgIpc) is 2.54. The second kappa shape index (κ2) is 5.60. The number of amides is 1. The second-order valence-corrected chi connectivity index (χ2v) is 7.00. The Morgan fingerprint density at radius 3 is 2.39 bits per heavy atom. The van der Waals surface area contributed by atoms with Crippen molar-refractivity contribution in [2.24, 2.45) is 23.0 Å². The first-order chi connectivity index (χ1) is 8.20. The minimum absolute atomic E-state index is 0.125. The largest absolute Gasteiger partial charge is 0.338 e. The van der Waals surface area contributed by atoms with E-state index in [1.165, 1.54) is 12.8 Å². The Kier molecular flexibility index (Phi) is 4.82. The van der Waals surface area contributed by atoms with Gasteiger partial charge in [0.1, 0.15) is 0 Å². The van der Waals surface area contributed by atoms with Gasteiger partial charge >= 0.3 is 0 Å². The fourth-order valence-corrected chi connectivity index (χ4v) is 3.02. The minimum Gasteiger partial charge on any atom is -0.338 e. The van der Waals surface area contributed by atoms with Crippen molar-refractivity contribution in [2.45, 2.75) is 66.5 Å². The molecule has 3 nitrogen and oxygen atoms in total. The highest BCUT2D eigenvalue weighted by Gasteiger charge is 2.41. The van der Waals surface area contributed by atoms with Crippen LogP contribution in [0.2, 0.25) is 0 Å². The van der Waals surface area contributed by atoms with E-state index in [9.17, 15) is 4.79 Å². The summed E-state index contributed by atoms with van der Waals surface area (Å²) in [5.74, 6) is 1.35. The van der Waals surface area contributed by atoms with E-state index in [1.807, 2.05) is 25.7 Å². The van der Waals surface area contributed by atoms with Crippen molar-refractivity contribution < 1.29 is 4.79 Å². The molecule has 18 heavy (non-hydrogen) atoms. The summed E-state index contributed by atoms with van der Waals surface area (Å²) in [5, 5.41) is 0. The number of nitrogens with zero attached hydrogens (tertiary/aromatic N) is 1. The van der Waals surface area contributed by atoms with Crippen LogP contribution in [0, 0.1) is 17.3 Å². The maximum atomic E-state index is 12.5. The van der Waals surface area contributed by atoms with Crippen molar-refractivity contribution in [3.05, 3.63) is 0 Å². The lowest BCUT2D eigenvalue weighted by molar-refractivity contribution is -0.135. The number of rotatable bonds is 3. The third-order valence-corrected chi connectivity index (χ3v) is 4.43. The van der Waals surface area contributed by atoms with E-state index in [2.05, 4.69) is 20.8 Å². The van der Waals surface area contributed by atoms with Gasteiger partial charge in [0.2, 0.25) is 5.91 Å². The molecular formula is C15H30N2O. The lowest BCUT2D eigenvalue weighted by atomic mass is 9.86. The molecule has 0 radical (unpaired) electrons. The third-order valence-electron chi connectivity index (χ3n) is 4.43. The van der Waals surface area contributed by atoms with Crippen LogP contribution in [-0.2, 0) is 4.79 Å². The van der Waals surface area contributed by atoms with Gasteiger partial charge in [-0.15, -0.1) is 0 Å². The zero-order valence-corrected chi connectivity index (χ0v) is 12.9. The molecule has 2 N–H and O–H groups in total. The van der Waals surface area contributed by atoms with Crippen molar-refractivity contribution in [1.29, 1.82) is 0 Å². The maximum Gasteiger partial charge on any atom is 0.240 e. The van der Waals surface area contributed by atoms with Gasteiger partial charge in [-0.1, -0.05) is 41.0 Å². The van der Waals surface area contributed by atoms with E-state index in [4.69, 9.17) is 5.73 Å². The summed E-state index contributed by atoms with van der Waals surface area (Å²) < 4.78 is 0. The first kappa shape index (κ1) is 15.5. The maximum absolute atomic E-state index is 12.5. The number of likely N-dealkylation sites (tertiary alicyclic amines) is 1. The van der Waals surface area contributed by atoms with Gasteiger partial charge in [0, 0.05) is 12.6 Å². The van der Waals surface area contributed by atoms with Crippen LogP contribution in [0.15, 0.2) is 0 Å². The zero-order chi connectivity index (χ0) is 14.1. The first-order valence-electron chi connectivity index (χ1n) is 7.26. The Morgan fingerprint density at radius 1 is 1.39 bits per heavy atom. The highest BCUT2D eigenvalue weighted by Crippen LogP contribution is 2.34. The number of nitrogens with two attached hydrogens (primary N) is 1. The monoisotopic (exact) mass is 254 g/mol. The molecule has 3 heteroatoms. The molecule has 4 atom stereocenters. The van der Waals surface area contributed by atoms with Gasteiger partial charge in [0.05, 0.1) is 6.04 Å². The van der Waals surface area contributed by atoms with E-state index in [1.54, 1.807) is 0 Å². The normalized spacial score (nSPS) is 30.6. The van der Waals surface area contributed by atoms with E-state index in [-0.39, 0.29) is 11.3 Å². The molecule has 1 rings (SSSR count). The molecule has 0 aromatic heterocycles. The Morgan fingerprint density at radius 2 is 1.94 bits per heavy atom. The van der Waals surface area contributed by atoms with Crippen molar-refractivity contribution >= 4 is 5.91 Å². The third kappa shape index (κ3) is 3.05. The van der Waals surface area contributed by atoms with Crippen LogP contribution in [-0.4, -0.2) is 29.4 Å². The van der Waals surface area contributed by atoms with Crippen molar-refractivity contribution in [3.8, 4) is 0 Å². The fourth-order valence-electron chi connectivity index (χ4n) is 3.02. The molecule has 1 aliphatic heterocycles. The van der Waals surface area contributed by atoms with Crippen LogP contribution in [0.5, 0.6) is 0 Å². The van der Waals surface area contributed by atoms with E-state index < -0.39 is 6.04 Å². The molecule has 0 bridgehead atoms. The van der Waals surface area contributed by atoms with Gasteiger partial charge in [0.25, 0.3) is 0 Å². The van der Waals surface area contributed by atoms with Gasteiger partial charge in [-0.25, -0.2) is 0 Å². The molecule has 1 aliphatic rings. The van der Waals surface area contributed by atoms with Crippen LogP contribution in [0.25, 0.3) is 0 Å². The van der Waals surface area contributed by atoms with Crippen molar-refractivity contribution in [1.82, 2.24) is 4.90 Å². The SMILES string of the molecule is CCCC1C(C)CN(C(=O)C(N)C(C)(C)C)C1C. The zero-order valence-electron chi connectivity index (χ0n) is 12.9. The van der Waals surface area contributed by atoms with Crippen LogP contribution < -0.4 is 5.73 Å². The lowest BCUT2D eigenvalue weighted by Gasteiger charge is -2.33. The molecule has 0 aromatic carbocycles. The minimum atomic E-state index is -0.396. The summed E-state index contributed by atoms with van der Waals surface area (Å²) in [5.41, 5.74) is 5.95. The molecule has 0 aliphatic carbocycles. The number of hydrogen-bond donors (Lipinski definition) is 1. The van der Waals surface area contributed by atoms with Gasteiger partial charge in [-0.3, -0.25) is 4.79 Å². The average molecular weight is 254 g/mol. The summed E-state index contributed by atoms with van der Waals surface area (Å²) in [4.78, 5) is 14.5. The molecule has 1 fully saturated rings. The number of carbonyl (C=O) groups excluding carboxylic acids is 1. The predicted octanol–water partition coefficient (Wildman–Crippen LogP) is 2.64. The molecule has 1 saturated heterocycles. The lowest BCUT2D eigenvalue weighted by Crippen LogP contribution is -2.51. The molecule has 4 unspecified atom stereocenters. The standard InChI is InChI=1S/C15H30N2O/c1-7-8-12-10(2)9-17(11(12)3)14(18)13(16)15(4,5)6/h10-13H,7-9,16H2,1-6H3. The smallest absolute Gasteiger partial charge is 0.240 e. The Bertz CT molecular complexity index is 295. The molecule has 0 spiro atoms. The number of hydrogen-bond acceptors (Lipinski definition) is 2. The van der Waals surface area contributed by atoms with Crippen molar-refractivity contribution in [2.75, 3.05) is 6.54 Å². The summed E-state index contributed by atoms with van der Waals surface area (Å²) in [6, 6.07) is -0.0617. The molecule has 1 heterocycles. The molecule has 106 valence electrons. The topological polar surface area (TPSA) is 46.3 Å². The van der Waals surface area contributed by atoms with Gasteiger partial charge < -0.3 is 10.6 Å². The first-order valence-corrected chi connectivity index (χ1v) is 7.26. The quantitative estimate of drug-likeness (QED) is 0.841. The summed E-state index contributed by atoms with van der Waals surface area (Å²) in [6.45, 7) is 13.6. The van der Waals surface area contributed by atoms with Crippen molar-refractivity contribution in [3.63, 3.8) is 0 Å². The van der Waals surface area contributed by atoms with Crippen LogP contribution in [0.1, 0.15) is 54.4 Å². The van der Waals surface area contributed by atoms with Gasteiger partial charge in [0.15, 0.2) is 0 Å². The van der Waals surface area contributed by atoms with E-state index in [0.717, 1.165) is 6.54 Å². The van der Waals surface area contributed by atoms with E-state index >= 15 is 0 Å². The second-order valence-electron chi connectivity index (χ2n) is 7.00. The molecular weight excluding hydrogens is 224 g/mol. The Labute approximate surface area is 112 Å². The van der Waals surface area contributed by atoms with Crippen LogP contribution in [0.3, 0.4) is 0 Å². The fraction of sp³-hybridized carbons (Fsp3) is 0.933. The summed E-state index contributed by atoms with van der Waals surface area (Å²) >= 11 is 0. The number of carbonyl (C=O) groups is 1. The van der Waals surface area contributed by atoms with Crippen LogP contribution in [0.4, 0.5) is 0 Å². The molecule has 0 saturated carbocycles. The highest BCUT2D eigenvalue weighted by atomic mass is 16.2. The molecule has 1 amide bonds. The van der Waals surface area contributed by atoms with Gasteiger partial charge in [-0.05, 0) is 30.6 Å². The van der Waals surface area contributed by atoms with Gasteiger partial charge in [-0.2, -0.15) is 0 Å². The Hall–Kier alpha value is -0.570. The predicted molar refractivity (Wildman–Crippen MR) is 76.2 cm³/mol. The Balaban J connectivity index is 2.77.